The smallest absolute Gasteiger partial charge is 0.127 e. The number of halogens is 1. The number of nitrogens with one attached hydrogen (secondary N) is 1. The molecule has 2 aromatic rings. The van der Waals surface area contributed by atoms with Crippen LogP contribution >= 0.6 is 0 Å². The number of piperidine rings is 1. The molecule has 5 nitrogen and oxygen atoms in total. The minimum atomic E-state index is -0.0916. The molecular weight excluding hydrogens is 367 g/mol. The fourth-order valence-corrected chi connectivity index (χ4v) is 4.60. The van der Waals surface area contributed by atoms with Crippen LogP contribution in [0.15, 0.2) is 30.5 Å². The zero-order chi connectivity index (χ0) is 20.1. The first kappa shape index (κ1) is 20.5. The number of aromatic nitrogens is 2. The maximum atomic E-state index is 13.9. The van der Waals surface area contributed by atoms with Crippen molar-refractivity contribution in [2.45, 2.75) is 51.8 Å². The standard InChI is InChI=1S/C23H33FN4O/c1-18-13-25-23(26-18)17-28(16-21-6-4-12-29-21)14-19-8-10-27(11-9-19)15-20-5-2-3-7-22(20)24/h2-3,5,7,13,19,21H,4,6,8-12,14-17H2,1H3,(H,25,26)/t21-/m0/s1. The maximum Gasteiger partial charge on any atom is 0.127 e. The fraction of sp³-hybridized carbons (Fsp3) is 0.609. The number of rotatable bonds is 8. The van der Waals surface area contributed by atoms with Gasteiger partial charge in [-0.3, -0.25) is 9.80 Å². The van der Waals surface area contributed by atoms with Crippen LogP contribution in [0.2, 0.25) is 0 Å². The summed E-state index contributed by atoms with van der Waals surface area (Å²) in [5.41, 5.74) is 1.91. The van der Waals surface area contributed by atoms with E-state index in [9.17, 15) is 4.39 Å². The summed E-state index contributed by atoms with van der Waals surface area (Å²) >= 11 is 0. The molecule has 6 heteroatoms. The van der Waals surface area contributed by atoms with Gasteiger partial charge in [-0.05, 0) is 57.7 Å². The molecule has 29 heavy (non-hydrogen) atoms. The summed E-state index contributed by atoms with van der Waals surface area (Å²) in [5.74, 6) is 1.62. The van der Waals surface area contributed by atoms with Gasteiger partial charge >= 0.3 is 0 Å². The highest BCUT2D eigenvalue weighted by Gasteiger charge is 2.25. The highest BCUT2D eigenvalue weighted by molar-refractivity contribution is 5.17. The molecular formula is C23H33FN4O. The molecule has 0 aliphatic carbocycles. The number of aryl methyl sites for hydroxylation is 1. The number of benzene rings is 1. The van der Waals surface area contributed by atoms with Crippen molar-refractivity contribution in [3.8, 4) is 0 Å². The van der Waals surface area contributed by atoms with Gasteiger partial charge in [0.25, 0.3) is 0 Å². The lowest BCUT2D eigenvalue weighted by molar-refractivity contribution is 0.0560. The third-order valence-electron chi connectivity index (χ3n) is 6.19. The van der Waals surface area contributed by atoms with Gasteiger partial charge in [0, 0.05) is 43.7 Å². The molecule has 1 aromatic carbocycles. The summed E-state index contributed by atoms with van der Waals surface area (Å²) in [5, 5.41) is 0. The number of aromatic amines is 1. The van der Waals surface area contributed by atoms with Crippen LogP contribution in [-0.2, 0) is 17.8 Å². The Bertz CT molecular complexity index is 766. The Morgan fingerprint density at radius 2 is 2.03 bits per heavy atom. The topological polar surface area (TPSA) is 44.4 Å². The predicted octanol–water partition coefficient (Wildman–Crippen LogP) is 3.75. The van der Waals surface area contributed by atoms with Crippen LogP contribution in [0.25, 0.3) is 0 Å². The Labute approximate surface area is 173 Å². The second-order valence-electron chi connectivity index (χ2n) is 8.65. The van der Waals surface area contributed by atoms with Crippen molar-refractivity contribution in [3.63, 3.8) is 0 Å². The Balaban J connectivity index is 1.30. The third-order valence-corrected chi connectivity index (χ3v) is 6.19. The average Bonchev–Trinajstić information content (AvgIpc) is 3.37. The molecule has 0 unspecified atom stereocenters. The van der Waals surface area contributed by atoms with Crippen molar-refractivity contribution >= 4 is 0 Å². The molecule has 0 amide bonds. The molecule has 2 aliphatic heterocycles. The minimum Gasteiger partial charge on any atom is -0.377 e. The summed E-state index contributed by atoms with van der Waals surface area (Å²) in [6.45, 7) is 8.63. The van der Waals surface area contributed by atoms with Gasteiger partial charge in [0.05, 0.1) is 12.6 Å². The first-order valence-corrected chi connectivity index (χ1v) is 11.0. The second-order valence-corrected chi connectivity index (χ2v) is 8.65. The molecule has 1 atom stereocenters. The molecule has 0 spiro atoms. The van der Waals surface area contributed by atoms with Crippen molar-refractivity contribution in [3.05, 3.63) is 53.4 Å². The lowest BCUT2D eigenvalue weighted by Gasteiger charge is -2.35. The van der Waals surface area contributed by atoms with Crippen molar-refractivity contribution in [1.82, 2.24) is 19.8 Å². The van der Waals surface area contributed by atoms with Crippen LogP contribution in [-0.4, -0.2) is 58.7 Å². The van der Waals surface area contributed by atoms with E-state index in [1.54, 1.807) is 12.1 Å². The number of nitrogens with zero attached hydrogens (tertiary/aromatic N) is 3. The molecule has 2 aliphatic rings. The fourth-order valence-electron chi connectivity index (χ4n) is 4.60. The highest BCUT2D eigenvalue weighted by atomic mass is 19.1. The van der Waals surface area contributed by atoms with Crippen LogP contribution in [0.3, 0.4) is 0 Å². The van der Waals surface area contributed by atoms with Gasteiger partial charge in [-0.1, -0.05) is 18.2 Å². The number of imidazole rings is 1. The van der Waals surface area contributed by atoms with Crippen molar-refractivity contribution < 1.29 is 9.13 Å². The molecule has 1 aromatic heterocycles. The van der Waals surface area contributed by atoms with E-state index in [-0.39, 0.29) is 5.82 Å². The first-order chi connectivity index (χ1) is 14.2. The van der Waals surface area contributed by atoms with Gasteiger partial charge in [-0.15, -0.1) is 0 Å². The lowest BCUT2D eigenvalue weighted by Crippen LogP contribution is -2.40. The molecule has 3 heterocycles. The van der Waals surface area contributed by atoms with E-state index in [0.717, 1.165) is 75.7 Å². The Morgan fingerprint density at radius 1 is 1.21 bits per heavy atom. The largest absolute Gasteiger partial charge is 0.377 e. The average molecular weight is 401 g/mol. The zero-order valence-electron chi connectivity index (χ0n) is 17.4. The van der Waals surface area contributed by atoms with Gasteiger partial charge < -0.3 is 9.72 Å². The summed E-state index contributed by atoms with van der Waals surface area (Å²) in [7, 11) is 0. The van der Waals surface area contributed by atoms with Crippen LogP contribution in [0.5, 0.6) is 0 Å². The number of hydrogen-bond acceptors (Lipinski definition) is 4. The zero-order valence-corrected chi connectivity index (χ0v) is 17.4. The SMILES string of the molecule is Cc1cnc(CN(CC2CCN(Cc3ccccc3F)CC2)C[C@@H]2CCCO2)[nH]1. The molecule has 158 valence electrons. The molecule has 4 rings (SSSR count). The van der Waals surface area contributed by atoms with Crippen LogP contribution < -0.4 is 0 Å². The van der Waals surface area contributed by atoms with E-state index in [0.29, 0.717) is 18.6 Å². The quantitative estimate of drug-likeness (QED) is 0.733. The van der Waals surface area contributed by atoms with Crippen LogP contribution in [0.1, 0.15) is 42.8 Å². The molecule has 0 bridgehead atoms. The third kappa shape index (κ3) is 5.87. The number of hydrogen-bond donors (Lipinski definition) is 1. The van der Waals surface area contributed by atoms with Crippen molar-refractivity contribution in [2.75, 3.05) is 32.8 Å². The van der Waals surface area contributed by atoms with E-state index in [1.165, 1.54) is 6.42 Å². The van der Waals surface area contributed by atoms with Gasteiger partial charge in [0.15, 0.2) is 0 Å². The Morgan fingerprint density at radius 3 is 2.72 bits per heavy atom. The molecule has 2 fully saturated rings. The van der Waals surface area contributed by atoms with E-state index in [4.69, 9.17) is 4.74 Å². The summed E-state index contributed by atoms with van der Waals surface area (Å²) < 4.78 is 19.8. The van der Waals surface area contributed by atoms with E-state index in [2.05, 4.69) is 19.8 Å². The van der Waals surface area contributed by atoms with Crippen molar-refractivity contribution in [1.29, 1.82) is 0 Å². The summed E-state index contributed by atoms with van der Waals surface area (Å²) in [6, 6.07) is 7.14. The lowest BCUT2D eigenvalue weighted by atomic mass is 9.95. The second kappa shape index (κ2) is 9.83. The number of likely N-dealkylation sites (tertiary alicyclic amines) is 1. The van der Waals surface area contributed by atoms with Crippen LogP contribution in [0.4, 0.5) is 4.39 Å². The van der Waals surface area contributed by atoms with Gasteiger partial charge in [0.1, 0.15) is 11.6 Å². The summed E-state index contributed by atoms with van der Waals surface area (Å²) in [4.78, 5) is 12.8. The van der Waals surface area contributed by atoms with Gasteiger partial charge in [-0.25, -0.2) is 9.37 Å². The van der Waals surface area contributed by atoms with Gasteiger partial charge in [-0.2, -0.15) is 0 Å². The maximum absolute atomic E-state index is 13.9. The summed E-state index contributed by atoms with van der Waals surface area (Å²) in [6.07, 6.45) is 6.91. The monoisotopic (exact) mass is 400 g/mol. The number of ether oxygens (including phenoxy) is 1. The normalized spacial score (nSPS) is 21.3. The Kier molecular flexibility index (Phi) is 6.95. The predicted molar refractivity (Wildman–Crippen MR) is 112 cm³/mol. The highest BCUT2D eigenvalue weighted by Crippen LogP contribution is 2.23. The van der Waals surface area contributed by atoms with Gasteiger partial charge in [0.2, 0.25) is 0 Å². The minimum absolute atomic E-state index is 0.0916. The Hall–Kier alpha value is -1.76. The van der Waals surface area contributed by atoms with E-state index >= 15 is 0 Å². The molecule has 1 N–H and O–H groups in total. The van der Waals surface area contributed by atoms with E-state index in [1.807, 2.05) is 25.3 Å². The molecule has 2 saturated heterocycles. The van der Waals surface area contributed by atoms with E-state index < -0.39 is 0 Å². The molecule has 0 radical (unpaired) electrons. The number of H-pyrrole nitrogens is 1. The van der Waals surface area contributed by atoms with Crippen LogP contribution in [0, 0.1) is 18.7 Å². The van der Waals surface area contributed by atoms with Crippen molar-refractivity contribution in [2.24, 2.45) is 5.92 Å². The molecule has 0 saturated carbocycles. The first-order valence-electron chi connectivity index (χ1n) is 11.0.